The largest absolute Gasteiger partial charge is 0.349 e. The van der Waals surface area contributed by atoms with E-state index in [0.717, 1.165) is 23.3 Å². The summed E-state index contributed by atoms with van der Waals surface area (Å²) < 4.78 is 0. The van der Waals surface area contributed by atoms with Crippen LogP contribution in [-0.4, -0.2) is 35.3 Å². The molecule has 5 aliphatic rings. The minimum absolute atomic E-state index is 0.0326. The first kappa shape index (κ1) is 18.6. The van der Waals surface area contributed by atoms with Crippen molar-refractivity contribution in [3.8, 4) is 0 Å². The lowest BCUT2D eigenvalue weighted by Gasteiger charge is -2.59. The van der Waals surface area contributed by atoms with E-state index in [1.165, 1.54) is 43.4 Å². The SMILES string of the molecule is CC(NC(=O)c1ccc(CN2C(=O)CNC2=O)cc1)C12CC3CC(CC(C3)C1)C2. The first-order chi connectivity index (χ1) is 13.9. The lowest BCUT2D eigenvalue weighted by molar-refractivity contribution is -0.125. The molecule has 0 aromatic heterocycles. The van der Waals surface area contributed by atoms with Crippen LogP contribution >= 0.6 is 0 Å². The predicted molar refractivity (Wildman–Crippen MR) is 108 cm³/mol. The maximum absolute atomic E-state index is 12.9. The second-order valence-corrected chi connectivity index (χ2v) is 9.81. The van der Waals surface area contributed by atoms with Crippen LogP contribution in [0.1, 0.15) is 61.4 Å². The summed E-state index contributed by atoms with van der Waals surface area (Å²) in [6, 6.07) is 7.05. The Hall–Kier alpha value is -2.37. The first-order valence-corrected chi connectivity index (χ1v) is 10.9. The molecule has 5 fully saturated rings. The van der Waals surface area contributed by atoms with Gasteiger partial charge in [0.1, 0.15) is 0 Å². The summed E-state index contributed by atoms with van der Waals surface area (Å²) in [5.41, 5.74) is 1.75. The molecule has 1 aromatic rings. The van der Waals surface area contributed by atoms with Crippen molar-refractivity contribution in [2.24, 2.45) is 23.2 Å². The van der Waals surface area contributed by atoms with Crippen LogP contribution in [0.5, 0.6) is 0 Å². The standard InChI is InChI=1S/C23H29N3O3/c1-14(23-9-16-6-17(10-23)8-18(7-16)11-23)25-21(28)19-4-2-15(3-5-19)13-26-20(27)12-24-22(26)29/h2-5,14,16-18H,6-13H2,1H3,(H,24,29)(H,25,28). The monoisotopic (exact) mass is 395 g/mol. The van der Waals surface area contributed by atoms with E-state index in [4.69, 9.17) is 0 Å². The highest BCUT2D eigenvalue weighted by molar-refractivity contribution is 6.01. The van der Waals surface area contributed by atoms with Crippen molar-refractivity contribution < 1.29 is 14.4 Å². The van der Waals surface area contributed by atoms with Crippen LogP contribution in [0, 0.1) is 23.2 Å². The zero-order chi connectivity index (χ0) is 20.2. The van der Waals surface area contributed by atoms with Gasteiger partial charge in [0.15, 0.2) is 0 Å². The quantitative estimate of drug-likeness (QED) is 0.752. The second kappa shape index (κ2) is 6.85. The Morgan fingerprint density at radius 2 is 1.69 bits per heavy atom. The molecule has 1 aromatic carbocycles. The molecular formula is C23H29N3O3. The summed E-state index contributed by atoms with van der Waals surface area (Å²) in [4.78, 5) is 37.5. The molecule has 6 nitrogen and oxygen atoms in total. The van der Waals surface area contributed by atoms with Gasteiger partial charge in [-0.05, 0) is 86.3 Å². The van der Waals surface area contributed by atoms with Gasteiger partial charge in [0.2, 0.25) is 5.91 Å². The number of benzene rings is 1. The van der Waals surface area contributed by atoms with Gasteiger partial charge in [-0.25, -0.2) is 4.79 Å². The van der Waals surface area contributed by atoms with Crippen LogP contribution in [0.3, 0.4) is 0 Å². The Morgan fingerprint density at radius 3 is 2.21 bits per heavy atom. The van der Waals surface area contributed by atoms with E-state index in [0.29, 0.717) is 5.56 Å². The molecule has 0 radical (unpaired) electrons. The third kappa shape index (κ3) is 3.32. The summed E-state index contributed by atoms with van der Waals surface area (Å²) in [5, 5.41) is 5.81. The third-order valence-electron chi connectivity index (χ3n) is 7.85. The number of urea groups is 1. The smallest absolute Gasteiger partial charge is 0.324 e. The maximum atomic E-state index is 12.9. The van der Waals surface area contributed by atoms with Crippen molar-refractivity contribution in [2.75, 3.05) is 6.54 Å². The fraction of sp³-hybridized carbons (Fsp3) is 0.609. The number of nitrogens with one attached hydrogen (secondary N) is 2. The van der Waals surface area contributed by atoms with E-state index in [2.05, 4.69) is 17.6 Å². The molecule has 2 N–H and O–H groups in total. The van der Waals surface area contributed by atoms with Gasteiger partial charge < -0.3 is 10.6 Å². The normalized spacial score (nSPS) is 33.7. The Labute approximate surface area is 171 Å². The Bertz CT molecular complexity index is 796. The Morgan fingerprint density at radius 1 is 1.10 bits per heavy atom. The van der Waals surface area contributed by atoms with Crippen LogP contribution in [-0.2, 0) is 11.3 Å². The van der Waals surface area contributed by atoms with Gasteiger partial charge >= 0.3 is 6.03 Å². The molecule has 4 saturated carbocycles. The van der Waals surface area contributed by atoms with Crippen molar-refractivity contribution in [1.82, 2.24) is 15.5 Å². The van der Waals surface area contributed by atoms with Gasteiger partial charge in [0, 0.05) is 11.6 Å². The number of imide groups is 1. The highest BCUT2D eigenvalue weighted by atomic mass is 16.2. The third-order valence-corrected chi connectivity index (χ3v) is 7.85. The molecule has 1 atom stereocenters. The van der Waals surface area contributed by atoms with E-state index >= 15 is 0 Å². The van der Waals surface area contributed by atoms with Gasteiger partial charge in [-0.1, -0.05) is 12.1 Å². The molecule has 4 aliphatic carbocycles. The molecule has 1 saturated heterocycles. The van der Waals surface area contributed by atoms with Gasteiger partial charge in [-0.3, -0.25) is 14.5 Å². The summed E-state index contributed by atoms with van der Waals surface area (Å²) in [6.45, 7) is 2.48. The van der Waals surface area contributed by atoms with Crippen molar-refractivity contribution in [3.63, 3.8) is 0 Å². The van der Waals surface area contributed by atoms with Crippen molar-refractivity contribution >= 4 is 17.8 Å². The molecule has 0 spiro atoms. The molecule has 1 aliphatic heterocycles. The Kier molecular flexibility index (Phi) is 4.41. The van der Waals surface area contributed by atoms with Crippen LogP contribution in [0.25, 0.3) is 0 Å². The maximum Gasteiger partial charge on any atom is 0.324 e. The molecule has 154 valence electrons. The number of nitrogens with zero attached hydrogens (tertiary/aromatic N) is 1. The van der Waals surface area contributed by atoms with Gasteiger partial charge in [-0.15, -0.1) is 0 Å². The highest BCUT2D eigenvalue weighted by Gasteiger charge is 2.53. The zero-order valence-electron chi connectivity index (χ0n) is 16.9. The Balaban J connectivity index is 1.23. The molecule has 1 heterocycles. The summed E-state index contributed by atoms with van der Waals surface area (Å²) in [6.07, 6.45) is 8.01. The average molecular weight is 396 g/mol. The van der Waals surface area contributed by atoms with Gasteiger partial charge in [0.25, 0.3) is 5.91 Å². The number of hydrogen-bond donors (Lipinski definition) is 2. The van der Waals surface area contributed by atoms with Gasteiger partial charge in [-0.2, -0.15) is 0 Å². The predicted octanol–water partition coefficient (Wildman–Crippen LogP) is 3.07. The van der Waals surface area contributed by atoms with E-state index in [1.807, 2.05) is 12.1 Å². The highest BCUT2D eigenvalue weighted by Crippen LogP contribution is 2.61. The van der Waals surface area contributed by atoms with Crippen molar-refractivity contribution in [1.29, 1.82) is 0 Å². The zero-order valence-corrected chi connectivity index (χ0v) is 16.9. The number of rotatable bonds is 5. The van der Waals surface area contributed by atoms with Crippen LogP contribution in [0.4, 0.5) is 4.79 Å². The topological polar surface area (TPSA) is 78.5 Å². The molecule has 6 heteroatoms. The van der Waals surface area contributed by atoms with Crippen molar-refractivity contribution in [3.05, 3.63) is 35.4 Å². The minimum atomic E-state index is -0.360. The molecule has 4 amide bonds. The average Bonchev–Trinajstić information content (AvgIpc) is 2.99. The summed E-state index contributed by atoms with van der Waals surface area (Å²) in [5.74, 6) is 2.34. The lowest BCUT2D eigenvalue weighted by Crippen LogP contribution is -2.55. The number of hydrogen-bond acceptors (Lipinski definition) is 3. The lowest BCUT2D eigenvalue weighted by atomic mass is 9.48. The van der Waals surface area contributed by atoms with Crippen LogP contribution in [0.15, 0.2) is 24.3 Å². The summed E-state index contributed by atoms with van der Waals surface area (Å²) >= 11 is 0. The summed E-state index contributed by atoms with van der Waals surface area (Å²) in [7, 11) is 0. The first-order valence-electron chi connectivity index (χ1n) is 10.9. The number of carbonyl (C=O) groups excluding carboxylic acids is 3. The number of carbonyl (C=O) groups is 3. The molecular weight excluding hydrogens is 366 g/mol. The molecule has 6 rings (SSSR count). The molecule has 4 bridgehead atoms. The molecule has 1 unspecified atom stereocenters. The van der Waals surface area contributed by atoms with E-state index in [1.54, 1.807) is 12.1 Å². The van der Waals surface area contributed by atoms with E-state index in [-0.39, 0.29) is 42.4 Å². The fourth-order valence-corrected chi connectivity index (χ4v) is 6.70. The van der Waals surface area contributed by atoms with Crippen LogP contribution in [0.2, 0.25) is 0 Å². The minimum Gasteiger partial charge on any atom is -0.349 e. The van der Waals surface area contributed by atoms with E-state index < -0.39 is 0 Å². The van der Waals surface area contributed by atoms with Crippen LogP contribution < -0.4 is 10.6 Å². The number of amides is 4. The molecule has 29 heavy (non-hydrogen) atoms. The second-order valence-electron chi connectivity index (χ2n) is 9.81. The van der Waals surface area contributed by atoms with Crippen molar-refractivity contribution in [2.45, 2.75) is 58.0 Å². The fourth-order valence-electron chi connectivity index (χ4n) is 6.70. The van der Waals surface area contributed by atoms with E-state index in [9.17, 15) is 14.4 Å². The van der Waals surface area contributed by atoms with Gasteiger partial charge in [0.05, 0.1) is 13.1 Å².